The summed E-state index contributed by atoms with van der Waals surface area (Å²) in [6.45, 7) is 4.43. The predicted molar refractivity (Wildman–Crippen MR) is 81.1 cm³/mol. The van der Waals surface area contributed by atoms with Gasteiger partial charge in [0.2, 0.25) is 10.0 Å². The summed E-state index contributed by atoms with van der Waals surface area (Å²) in [4.78, 5) is 10.4. The van der Waals surface area contributed by atoms with Crippen molar-refractivity contribution in [3.05, 3.63) is 33.9 Å². The molecule has 3 rings (SSSR count). The summed E-state index contributed by atoms with van der Waals surface area (Å²) >= 11 is 0. The van der Waals surface area contributed by atoms with Crippen LogP contribution in [-0.4, -0.2) is 43.8 Å². The molecule has 2 heterocycles. The molecule has 22 heavy (non-hydrogen) atoms. The highest BCUT2D eigenvalue weighted by atomic mass is 32.2. The van der Waals surface area contributed by atoms with E-state index in [4.69, 9.17) is 0 Å². The number of fused-ring (bicyclic) bond motifs is 1. The molecule has 2 aliphatic rings. The molecule has 1 aromatic rings. The van der Waals surface area contributed by atoms with Crippen LogP contribution >= 0.6 is 0 Å². The summed E-state index contributed by atoms with van der Waals surface area (Å²) in [5, 5.41) is 14.2. The Morgan fingerprint density at radius 2 is 2.05 bits per heavy atom. The molecule has 0 amide bonds. The van der Waals surface area contributed by atoms with Crippen molar-refractivity contribution >= 4 is 15.7 Å². The Labute approximate surface area is 129 Å². The topological polar surface area (TPSA) is 92.5 Å². The van der Waals surface area contributed by atoms with E-state index >= 15 is 0 Å². The van der Waals surface area contributed by atoms with Crippen LogP contribution < -0.4 is 5.32 Å². The van der Waals surface area contributed by atoms with Crippen LogP contribution in [0.25, 0.3) is 0 Å². The molecule has 2 fully saturated rings. The second-order valence-electron chi connectivity index (χ2n) is 6.04. The van der Waals surface area contributed by atoms with Gasteiger partial charge in [-0.3, -0.25) is 10.1 Å². The molecular weight excluding hydrogens is 306 g/mol. The Balaban J connectivity index is 1.92. The van der Waals surface area contributed by atoms with Crippen molar-refractivity contribution in [1.82, 2.24) is 9.62 Å². The Bertz CT molecular complexity index is 704. The van der Waals surface area contributed by atoms with Crippen LogP contribution in [0.15, 0.2) is 23.1 Å². The second-order valence-corrected chi connectivity index (χ2v) is 7.94. The molecule has 8 heteroatoms. The number of non-ortho nitro benzene ring substituents is 1. The normalized spacial score (nSPS) is 25.9. The first-order chi connectivity index (χ1) is 10.4. The van der Waals surface area contributed by atoms with Gasteiger partial charge in [0.1, 0.15) is 0 Å². The third kappa shape index (κ3) is 2.62. The summed E-state index contributed by atoms with van der Waals surface area (Å²) in [7, 11) is -3.69. The number of aryl methyl sites for hydroxylation is 1. The van der Waals surface area contributed by atoms with Crippen LogP contribution in [-0.2, 0) is 10.0 Å². The SMILES string of the molecule is Cc1ccc([N+](=O)[O-])cc1S(=O)(=O)N1CCC2CNCC2C1. The largest absolute Gasteiger partial charge is 0.316 e. The highest BCUT2D eigenvalue weighted by Gasteiger charge is 2.38. The van der Waals surface area contributed by atoms with E-state index in [1.54, 1.807) is 6.92 Å². The summed E-state index contributed by atoms with van der Waals surface area (Å²) in [6.07, 6.45) is 0.838. The summed E-state index contributed by atoms with van der Waals surface area (Å²) in [6, 6.07) is 4.00. The van der Waals surface area contributed by atoms with Gasteiger partial charge in [-0.05, 0) is 43.8 Å². The maximum atomic E-state index is 12.9. The number of rotatable bonds is 3. The van der Waals surface area contributed by atoms with Gasteiger partial charge in [-0.25, -0.2) is 8.42 Å². The lowest BCUT2D eigenvalue weighted by Crippen LogP contribution is -2.43. The second kappa shape index (κ2) is 5.60. The third-order valence-corrected chi connectivity index (χ3v) is 6.67. The van der Waals surface area contributed by atoms with Crippen molar-refractivity contribution in [2.24, 2.45) is 11.8 Å². The molecule has 2 saturated heterocycles. The Kier molecular flexibility index (Phi) is 3.92. The minimum Gasteiger partial charge on any atom is -0.316 e. The average molecular weight is 325 g/mol. The number of hydrogen-bond acceptors (Lipinski definition) is 5. The Hall–Kier alpha value is -1.51. The van der Waals surface area contributed by atoms with Gasteiger partial charge in [0, 0.05) is 25.2 Å². The number of piperidine rings is 1. The fourth-order valence-corrected chi connectivity index (χ4v) is 5.10. The van der Waals surface area contributed by atoms with Crippen molar-refractivity contribution in [2.45, 2.75) is 18.2 Å². The molecule has 0 aromatic heterocycles. The van der Waals surface area contributed by atoms with Crippen molar-refractivity contribution < 1.29 is 13.3 Å². The van der Waals surface area contributed by atoms with Gasteiger partial charge in [-0.1, -0.05) is 6.07 Å². The predicted octanol–water partition coefficient (Wildman–Crippen LogP) is 1.13. The smallest absolute Gasteiger partial charge is 0.270 e. The van der Waals surface area contributed by atoms with Gasteiger partial charge >= 0.3 is 0 Å². The molecule has 7 nitrogen and oxygen atoms in total. The zero-order valence-electron chi connectivity index (χ0n) is 12.4. The third-order valence-electron chi connectivity index (χ3n) is 4.67. The lowest BCUT2D eigenvalue weighted by molar-refractivity contribution is -0.385. The highest BCUT2D eigenvalue weighted by molar-refractivity contribution is 7.89. The molecule has 0 spiro atoms. The summed E-state index contributed by atoms with van der Waals surface area (Å²) in [5.41, 5.74) is 0.346. The number of nitrogens with one attached hydrogen (secondary N) is 1. The molecular formula is C14H19N3O4S. The van der Waals surface area contributed by atoms with Crippen LogP contribution in [0.5, 0.6) is 0 Å². The van der Waals surface area contributed by atoms with Crippen molar-refractivity contribution in [3.8, 4) is 0 Å². The number of nitro groups is 1. The molecule has 2 aliphatic heterocycles. The number of hydrogen-bond donors (Lipinski definition) is 1. The number of nitrogens with zero attached hydrogens (tertiary/aromatic N) is 2. The van der Waals surface area contributed by atoms with E-state index in [-0.39, 0.29) is 10.6 Å². The zero-order chi connectivity index (χ0) is 15.9. The number of sulfonamides is 1. The van der Waals surface area contributed by atoms with Crippen molar-refractivity contribution in [1.29, 1.82) is 0 Å². The summed E-state index contributed by atoms with van der Waals surface area (Å²) in [5.74, 6) is 0.875. The summed E-state index contributed by atoms with van der Waals surface area (Å²) < 4.78 is 27.2. The molecule has 1 N–H and O–H groups in total. The van der Waals surface area contributed by atoms with Gasteiger partial charge in [0.25, 0.3) is 5.69 Å². The maximum absolute atomic E-state index is 12.9. The monoisotopic (exact) mass is 325 g/mol. The first-order valence-electron chi connectivity index (χ1n) is 7.35. The van der Waals surface area contributed by atoms with E-state index in [2.05, 4.69) is 5.32 Å². The molecule has 0 radical (unpaired) electrons. The first kappa shape index (κ1) is 15.4. The fourth-order valence-electron chi connectivity index (χ4n) is 3.34. The van der Waals surface area contributed by atoms with E-state index in [1.807, 2.05) is 0 Å². The minimum atomic E-state index is -3.69. The van der Waals surface area contributed by atoms with Gasteiger partial charge in [-0.2, -0.15) is 4.31 Å². The van der Waals surface area contributed by atoms with Gasteiger partial charge in [0.15, 0.2) is 0 Å². The van der Waals surface area contributed by atoms with Crippen LogP contribution in [0.4, 0.5) is 5.69 Å². The zero-order valence-corrected chi connectivity index (χ0v) is 13.2. The average Bonchev–Trinajstić information content (AvgIpc) is 2.94. The highest BCUT2D eigenvalue weighted by Crippen LogP contribution is 2.32. The van der Waals surface area contributed by atoms with Crippen LogP contribution in [0.3, 0.4) is 0 Å². The standard InChI is InChI=1S/C14H19N3O4S/c1-10-2-3-13(17(18)19)6-14(10)22(20,21)16-5-4-11-7-15-8-12(11)9-16/h2-3,6,11-12,15H,4-5,7-9H2,1H3. The van der Waals surface area contributed by atoms with E-state index in [1.165, 1.54) is 22.5 Å². The number of nitro benzene ring substituents is 1. The molecule has 1 aromatic carbocycles. The molecule has 0 bridgehead atoms. The van der Waals surface area contributed by atoms with Crippen molar-refractivity contribution in [3.63, 3.8) is 0 Å². The maximum Gasteiger partial charge on any atom is 0.270 e. The Morgan fingerprint density at radius 1 is 1.32 bits per heavy atom. The molecule has 2 atom stereocenters. The van der Waals surface area contributed by atoms with Gasteiger partial charge in [0.05, 0.1) is 9.82 Å². The lowest BCUT2D eigenvalue weighted by atomic mass is 9.90. The Morgan fingerprint density at radius 3 is 2.77 bits per heavy atom. The van der Waals surface area contributed by atoms with Crippen LogP contribution in [0.2, 0.25) is 0 Å². The van der Waals surface area contributed by atoms with E-state index in [0.717, 1.165) is 19.5 Å². The lowest BCUT2D eigenvalue weighted by Gasteiger charge is -2.33. The molecule has 120 valence electrons. The fraction of sp³-hybridized carbons (Fsp3) is 0.571. The quantitative estimate of drug-likeness (QED) is 0.664. The minimum absolute atomic E-state index is 0.0473. The molecule has 0 saturated carbocycles. The van der Waals surface area contributed by atoms with E-state index in [0.29, 0.717) is 30.5 Å². The van der Waals surface area contributed by atoms with Gasteiger partial charge in [-0.15, -0.1) is 0 Å². The van der Waals surface area contributed by atoms with Crippen molar-refractivity contribution in [2.75, 3.05) is 26.2 Å². The first-order valence-corrected chi connectivity index (χ1v) is 8.79. The van der Waals surface area contributed by atoms with Gasteiger partial charge < -0.3 is 5.32 Å². The van der Waals surface area contributed by atoms with Crippen LogP contribution in [0, 0.1) is 28.9 Å². The molecule has 2 unspecified atom stereocenters. The number of benzene rings is 1. The van der Waals surface area contributed by atoms with E-state index < -0.39 is 14.9 Å². The van der Waals surface area contributed by atoms with Crippen LogP contribution in [0.1, 0.15) is 12.0 Å². The van der Waals surface area contributed by atoms with E-state index in [9.17, 15) is 18.5 Å². The molecule has 0 aliphatic carbocycles.